The van der Waals surface area contributed by atoms with Gasteiger partial charge >= 0.3 is 29.6 Å². The van der Waals surface area contributed by atoms with E-state index >= 15 is 0 Å². The summed E-state index contributed by atoms with van der Waals surface area (Å²) in [6, 6.07) is 0. The van der Waals surface area contributed by atoms with Crippen LogP contribution in [-0.2, 0) is 4.79 Å². The predicted octanol–water partition coefficient (Wildman–Crippen LogP) is -0.228. The number of hydrogen-bond acceptors (Lipinski definition) is 2. The van der Waals surface area contributed by atoms with E-state index in [-0.39, 0.29) is 36.0 Å². The molecular weight excluding hydrogens is 211 g/mol. The van der Waals surface area contributed by atoms with Gasteiger partial charge in [-0.2, -0.15) is 0 Å². The Balaban J connectivity index is 0. The molecule has 0 aliphatic rings. The Hall–Kier alpha value is 1.30. The van der Waals surface area contributed by atoms with E-state index in [1.54, 1.807) is 0 Å². The van der Waals surface area contributed by atoms with E-state index in [2.05, 4.69) is 0 Å². The maximum atomic E-state index is 9.61. The summed E-state index contributed by atoms with van der Waals surface area (Å²) in [7, 11) is 0. The molecule has 0 aromatic heterocycles. The van der Waals surface area contributed by atoms with Gasteiger partial charge in [-0.05, 0) is 0 Å². The van der Waals surface area contributed by atoms with E-state index in [1.807, 2.05) is 5.32 Å². The average molecular weight is 216 g/mol. The molecular formula is C3H5Cl3NNaO2. The van der Waals surface area contributed by atoms with Crippen molar-refractivity contribution in [1.82, 2.24) is 5.32 Å². The third-order valence-electron chi connectivity index (χ3n) is 0.536. The van der Waals surface area contributed by atoms with Gasteiger partial charge < -0.3 is 10.4 Å². The summed E-state index contributed by atoms with van der Waals surface area (Å²) in [6.45, 7) is 0. The summed E-state index contributed by atoms with van der Waals surface area (Å²) in [4.78, 5) is 9.61. The minimum atomic E-state index is -1.86. The molecule has 10 heavy (non-hydrogen) atoms. The van der Waals surface area contributed by atoms with Crippen LogP contribution in [0, 0.1) is 0 Å². The Morgan fingerprint density at radius 3 is 2.00 bits per heavy atom. The second-order valence-electron chi connectivity index (χ2n) is 1.23. The van der Waals surface area contributed by atoms with Crippen molar-refractivity contribution in [3.8, 4) is 0 Å². The van der Waals surface area contributed by atoms with Gasteiger partial charge in [0.15, 0.2) is 6.23 Å². The molecule has 1 atom stereocenters. The normalized spacial score (nSPS) is 13.2. The molecule has 7 heteroatoms. The van der Waals surface area contributed by atoms with Crippen LogP contribution >= 0.6 is 34.8 Å². The molecule has 0 radical (unpaired) electrons. The second kappa shape index (κ2) is 5.89. The van der Waals surface area contributed by atoms with Gasteiger partial charge in [0.25, 0.3) is 0 Å². The van der Waals surface area contributed by atoms with Crippen LogP contribution in [0.25, 0.3) is 0 Å². The topological polar surface area (TPSA) is 49.3 Å². The molecule has 0 saturated carbocycles. The van der Waals surface area contributed by atoms with Gasteiger partial charge in [-0.3, -0.25) is 4.79 Å². The predicted molar refractivity (Wildman–Crippen MR) is 42.6 cm³/mol. The van der Waals surface area contributed by atoms with Crippen molar-refractivity contribution in [1.29, 1.82) is 0 Å². The maximum absolute atomic E-state index is 9.61. The first kappa shape index (κ1) is 13.9. The Bertz CT molecular complexity index is 106. The Morgan fingerprint density at radius 1 is 1.50 bits per heavy atom. The second-order valence-corrected chi connectivity index (χ2v) is 3.60. The molecule has 0 saturated heterocycles. The molecule has 0 aliphatic heterocycles. The number of carbonyl (C=O) groups excluding carboxylic acids is 1. The number of aliphatic hydroxyl groups excluding tert-OH is 1. The fourth-order valence-electron chi connectivity index (χ4n) is 0.159. The zero-order valence-corrected chi connectivity index (χ0v) is 6.41. The quantitative estimate of drug-likeness (QED) is 0.290. The molecule has 3 nitrogen and oxygen atoms in total. The van der Waals surface area contributed by atoms with E-state index in [0.717, 1.165) is 0 Å². The molecule has 0 spiro atoms. The van der Waals surface area contributed by atoms with Crippen LogP contribution in [0.4, 0.5) is 0 Å². The number of halogens is 3. The van der Waals surface area contributed by atoms with Crippen LogP contribution in [0.2, 0.25) is 0 Å². The van der Waals surface area contributed by atoms with Crippen molar-refractivity contribution in [3.05, 3.63) is 0 Å². The zero-order chi connectivity index (χ0) is 7.49. The molecule has 1 unspecified atom stereocenters. The molecule has 0 aromatic carbocycles. The Morgan fingerprint density at radius 2 is 1.90 bits per heavy atom. The van der Waals surface area contributed by atoms with Gasteiger partial charge in [-0.1, -0.05) is 34.8 Å². The first-order chi connectivity index (χ1) is 3.98. The van der Waals surface area contributed by atoms with E-state index in [1.165, 1.54) is 0 Å². The van der Waals surface area contributed by atoms with E-state index in [9.17, 15) is 4.79 Å². The van der Waals surface area contributed by atoms with Crippen LogP contribution in [-0.4, -0.2) is 51.1 Å². The standard InChI is InChI=1S/C3H4Cl3NO2.Na.H/c4-3(5,6)2(9)7-1-8;;/h1-2,9H,(H,7,8);;. The summed E-state index contributed by atoms with van der Waals surface area (Å²) >= 11 is 15.4. The number of hydrogen-bond donors (Lipinski definition) is 2. The molecule has 0 rings (SSSR count). The number of alkyl halides is 3. The molecule has 0 fully saturated rings. The van der Waals surface area contributed by atoms with Crippen molar-refractivity contribution in [2.75, 3.05) is 0 Å². The summed E-state index contributed by atoms with van der Waals surface area (Å²) in [5.74, 6) is 0. The van der Waals surface area contributed by atoms with Crippen LogP contribution in [0.15, 0.2) is 0 Å². The van der Waals surface area contributed by atoms with Gasteiger partial charge in [0.2, 0.25) is 10.2 Å². The van der Waals surface area contributed by atoms with E-state index < -0.39 is 10.0 Å². The van der Waals surface area contributed by atoms with Crippen molar-refractivity contribution >= 4 is 70.8 Å². The van der Waals surface area contributed by atoms with Crippen LogP contribution in [0.5, 0.6) is 0 Å². The summed E-state index contributed by atoms with van der Waals surface area (Å²) in [5, 5.41) is 10.5. The first-order valence-corrected chi connectivity index (χ1v) is 3.06. The summed E-state index contributed by atoms with van der Waals surface area (Å²) in [5.41, 5.74) is 0. The monoisotopic (exact) mass is 215 g/mol. The number of nitrogens with one attached hydrogen (secondary N) is 1. The van der Waals surface area contributed by atoms with Crippen LogP contribution < -0.4 is 5.32 Å². The molecule has 2 N–H and O–H groups in total. The minimum absolute atomic E-state index is 0. The zero-order valence-electron chi connectivity index (χ0n) is 4.14. The molecule has 0 aromatic rings. The average Bonchev–Trinajstić information content (AvgIpc) is 1.64. The van der Waals surface area contributed by atoms with Gasteiger partial charge in [-0.25, -0.2) is 0 Å². The van der Waals surface area contributed by atoms with Crippen molar-refractivity contribution in [2.45, 2.75) is 10.0 Å². The first-order valence-electron chi connectivity index (χ1n) is 1.93. The fraction of sp³-hybridized carbons (Fsp3) is 0.667. The number of amides is 1. The molecule has 1 amide bonds. The van der Waals surface area contributed by atoms with Gasteiger partial charge in [0.05, 0.1) is 0 Å². The molecule has 0 bridgehead atoms. The third kappa shape index (κ3) is 6.04. The Labute approximate surface area is 95.3 Å². The fourth-order valence-corrected chi connectivity index (χ4v) is 0.348. The Kier molecular flexibility index (Phi) is 8.16. The molecule has 56 valence electrons. The van der Waals surface area contributed by atoms with Crippen molar-refractivity contribution < 1.29 is 9.90 Å². The number of carbonyl (C=O) groups is 1. The van der Waals surface area contributed by atoms with Crippen LogP contribution in [0.3, 0.4) is 0 Å². The van der Waals surface area contributed by atoms with Crippen molar-refractivity contribution in [2.24, 2.45) is 0 Å². The van der Waals surface area contributed by atoms with Crippen LogP contribution in [0.1, 0.15) is 0 Å². The summed E-state index contributed by atoms with van der Waals surface area (Å²) < 4.78 is -1.86. The van der Waals surface area contributed by atoms with E-state index in [0.29, 0.717) is 0 Å². The van der Waals surface area contributed by atoms with Gasteiger partial charge in [0, 0.05) is 0 Å². The molecule has 0 aliphatic carbocycles. The van der Waals surface area contributed by atoms with Gasteiger partial charge in [0.1, 0.15) is 0 Å². The number of rotatable bonds is 2. The van der Waals surface area contributed by atoms with Gasteiger partial charge in [-0.15, -0.1) is 0 Å². The third-order valence-corrected chi connectivity index (χ3v) is 1.16. The number of aliphatic hydroxyl groups is 1. The summed E-state index contributed by atoms with van der Waals surface area (Å²) in [6.07, 6.45) is -1.22. The molecule has 0 heterocycles. The van der Waals surface area contributed by atoms with E-state index in [4.69, 9.17) is 39.9 Å². The van der Waals surface area contributed by atoms with Crippen molar-refractivity contribution in [3.63, 3.8) is 0 Å². The SMILES string of the molecule is O=CNC(O)C(Cl)(Cl)Cl.[NaH].